The Bertz CT molecular complexity index is 57.1. The van der Waals surface area contributed by atoms with E-state index in [0.717, 1.165) is 12.8 Å². The average Bonchev–Trinajstić information content (AvgIpc) is 1.91. The van der Waals surface area contributed by atoms with Gasteiger partial charge >= 0.3 is 0 Å². The van der Waals surface area contributed by atoms with Gasteiger partial charge in [-0.05, 0) is 19.3 Å². The summed E-state index contributed by atoms with van der Waals surface area (Å²) in [5, 5.41) is 0. The highest BCUT2D eigenvalue weighted by atomic mass is 19.1. The molecule has 0 unspecified atom stereocenters. The van der Waals surface area contributed by atoms with E-state index >= 15 is 0 Å². The van der Waals surface area contributed by atoms with E-state index in [4.69, 9.17) is 5.73 Å². The minimum absolute atomic E-state index is 0.153. The second-order valence-corrected chi connectivity index (χ2v) is 2.11. The molecule has 1 fully saturated rings. The molecule has 0 spiro atoms. The minimum Gasteiger partial charge on any atom is -0.325 e. The van der Waals surface area contributed by atoms with Crippen molar-refractivity contribution in [1.82, 2.24) is 0 Å². The maximum Gasteiger partial charge on any atom is 0.115 e. The smallest absolute Gasteiger partial charge is 0.115 e. The van der Waals surface area contributed by atoms with Crippen molar-refractivity contribution in [1.29, 1.82) is 0 Å². The van der Waals surface area contributed by atoms with E-state index in [1.54, 1.807) is 0 Å². The summed E-state index contributed by atoms with van der Waals surface area (Å²) in [6, 6.07) is -0.153. The molecule has 0 aromatic heterocycles. The predicted molar refractivity (Wildman–Crippen MR) is 26.7 cm³/mol. The lowest BCUT2D eigenvalue weighted by Crippen LogP contribution is -2.24. The molecule has 42 valence electrons. The molecule has 0 aromatic rings. The standard InChI is InChI=1S/C5H10FN/c6-4-2-1-3-5(4)7/h4-5H,1-3,7H2/t4-,5+/m1/s1. The predicted octanol–water partition coefficient (Wildman–Crippen LogP) is 0.836. The zero-order valence-electron chi connectivity index (χ0n) is 4.23. The fourth-order valence-electron chi connectivity index (χ4n) is 0.943. The summed E-state index contributed by atoms with van der Waals surface area (Å²) in [5.74, 6) is 0. The monoisotopic (exact) mass is 103 g/mol. The van der Waals surface area contributed by atoms with E-state index in [0.29, 0.717) is 6.42 Å². The third kappa shape index (κ3) is 0.911. The third-order valence-electron chi connectivity index (χ3n) is 1.48. The third-order valence-corrected chi connectivity index (χ3v) is 1.48. The van der Waals surface area contributed by atoms with Crippen LogP contribution in [0, 0.1) is 0 Å². The fourth-order valence-corrected chi connectivity index (χ4v) is 0.943. The van der Waals surface area contributed by atoms with Crippen LogP contribution in [0.1, 0.15) is 19.3 Å². The van der Waals surface area contributed by atoms with E-state index in [9.17, 15) is 4.39 Å². The van der Waals surface area contributed by atoms with Gasteiger partial charge in [0.2, 0.25) is 0 Å². The SMILES string of the molecule is N[C@H]1CCC[C@H]1F. The van der Waals surface area contributed by atoms with Crippen molar-refractivity contribution in [3.63, 3.8) is 0 Å². The maximum atomic E-state index is 12.2. The molecule has 0 radical (unpaired) electrons. The van der Waals surface area contributed by atoms with Gasteiger partial charge in [-0.2, -0.15) is 0 Å². The molecule has 1 aliphatic carbocycles. The van der Waals surface area contributed by atoms with Crippen LogP contribution in [0.3, 0.4) is 0 Å². The van der Waals surface area contributed by atoms with Gasteiger partial charge in [-0.15, -0.1) is 0 Å². The first-order valence-electron chi connectivity index (χ1n) is 2.70. The summed E-state index contributed by atoms with van der Waals surface area (Å²) in [5.41, 5.74) is 5.30. The lowest BCUT2D eigenvalue weighted by molar-refractivity contribution is 0.312. The van der Waals surface area contributed by atoms with E-state index < -0.39 is 6.17 Å². The van der Waals surface area contributed by atoms with Gasteiger partial charge in [0.15, 0.2) is 0 Å². The van der Waals surface area contributed by atoms with Crippen molar-refractivity contribution in [2.45, 2.75) is 31.5 Å². The summed E-state index contributed by atoms with van der Waals surface area (Å²) in [7, 11) is 0. The first-order valence-corrected chi connectivity index (χ1v) is 2.70. The van der Waals surface area contributed by atoms with Crippen molar-refractivity contribution >= 4 is 0 Å². The Morgan fingerprint density at radius 1 is 1.43 bits per heavy atom. The lowest BCUT2D eigenvalue weighted by atomic mass is 10.2. The van der Waals surface area contributed by atoms with Gasteiger partial charge < -0.3 is 5.73 Å². The van der Waals surface area contributed by atoms with Crippen LogP contribution >= 0.6 is 0 Å². The summed E-state index contributed by atoms with van der Waals surface area (Å²) in [6.45, 7) is 0. The molecule has 0 heterocycles. The summed E-state index contributed by atoms with van der Waals surface area (Å²) in [4.78, 5) is 0. The van der Waals surface area contributed by atoms with Crippen LogP contribution in [0.25, 0.3) is 0 Å². The molecule has 1 rings (SSSR count). The highest BCUT2D eigenvalue weighted by molar-refractivity contribution is 4.78. The van der Waals surface area contributed by atoms with Gasteiger partial charge in [-0.1, -0.05) is 0 Å². The number of alkyl halides is 1. The quantitative estimate of drug-likeness (QED) is 0.483. The second kappa shape index (κ2) is 1.78. The molecule has 2 N–H and O–H groups in total. The van der Waals surface area contributed by atoms with E-state index in [1.165, 1.54) is 0 Å². The van der Waals surface area contributed by atoms with Gasteiger partial charge in [0, 0.05) is 6.04 Å². The van der Waals surface area contributed by atoms with Crippen LogP contribution in [0.15, 0.2) is 0 Å². The molecule has 0 amide bonds. The van der Waals surface area contributed by atoms with Gasteiger partial charge in [0.05, 0.1) is 0 Å². The van der Waals surface area contributed by atoms with Gasteiger partial charge in [-0.25, -0.2) is 4.39 Å². The highest BCUT2D eigenvalue weighted by Gasteiger charge is 2.22. The normalized spacial score (nSPS) is 42.0. The molecular weight excluding hydrogens is 93.1 g/mol. The summed E-state index contributed by atoms with van der Waals surface area (Å²) in [6.07, 6.45) is 1.82. The van der Waals surface area contributed by atoms with Crippen molar-refractivity contribution < 1.29 is 4.39 Å². The summed E-state index contributed by atoms with van der Waals surface area (Å²) < 4.78 is 12.2. The minimum atomic E-state index is -0.708. The Morgan fingerprint density at radius 3 is 2.29 bits per heavy atom. The van der Waals surface area contributed by atoms with Crippen LogP contribution < -0.4 is 5.73 Å². The average molecular weight is 103 g/mol. The molecule has 0 aliphatic heterocycles. The van der Waals surface area contributed by atoms with Crippen molar-refractivity contribution in [2.75, 3.05) is 0 Å². The van der Waals surface area contributed by atoms with Gasteiger partial charge in [0.1, 0.15) is 6.17 Å². The molecule has 0 bridgehead atoms. The number of hydrogen-bond donors (Lipinski definition) is 1. The Hall–Kier alpha value is -0.110. The van der Waals surface area contributed by atoms with E-state index in [2.05, 4.69) is 0 Å². The van der Waals surface area contributed by atoms with Gasteiger partial charge in [-0.3, -0.25) is 0 Å². The van der Waals surface area contributed by atoms with Crippen molar-refractivity contribution in [2.24, 2.45) is 5.73 Å². The number of nitrogens with two attached hydrogens (primary N) is 1. The Balaban J connectivity index is 2.33. The Morgan fingerprint density at radius 2 is 2.14 bits per heavy atom. The molecule has 2 atom stereocenters. The maximum absolute atomic E-state index is 12.2. The Labute approximate surface area is 42.7 Å². The summed E-state index contributed by atoms with van der Waals surface area (Å²) >= 11 is 0. The molecule has 1 aliphatic rings. The molecule has 1 saturated carbocycles. The Kier molecular flexibility index (Phi) is 1.28. The first kappa shape index (κ1) is 5.04. The zero-order valence-corrected chi connectivity index (χ0v) is 4.23. The second-order valence-electron chi connectivity index (χ2n) is 2.11. The number of hydrogen-bond acceptors (Lipinski definition) is 1. The first-order chi connectivity index (χ1) is 3.30. The molecule has 1 nitrogen and oxygen atoms in total. The molecule has 0 saturated heterocycles. The molecule has 0 aromatic carbocycles. The molecule has 2 heteroatoms. The fraction of sp³-hybridized carbons (Fsp3) is 1.00. The largest absolute Gasteiger partial charge is 0.325 e. The van der Waals surface area contributed by atoms with Crippen molar-refractivity contribution in [3.8, 4) is 0 Å². The zero-order chi connectivity index (χ0) is 5.28. The van der Waals surface area contributed by atoms with Crippen LogP contribution in [-0.2, 0) is 0 Å². The lowest BCUT2D eigenvalue weighted by Gasteiger charge is -2.01. The van der Waals surface area contributed by atoms with E-state index in [1.807, 2.05) is 0 Å². The topological polar surface area (TPSA) is 26.0 Å². The highest BCUT2D eigenvalue weighted by Crippen LogP contribution is 2.19. The number of rotatable bonds is 0. The van der Waals surface area contributed by atoms with Crippen LogP contribution in [0.2, 0.25) is 0 Å². The van der Waals surface area contributed by atoms with Gasteiger partial charge in [0.25, 0.3) is 0 Å². The molecular formula is C5H10FN. The van der Waals surface area contributed by atoms with Crippen LogP contribution in [0.4, 0.5) is 4.39 Å². The van der Waals surface area contributed by atoms with Crippen LogP contribution in [0.5, 0.6) is 0 Å². The van der Waals surface area contributed by atoms with E-state index in [-0.39, 0.29) is 6.04 Å². The van der Waals surface area contributed by atoms with Crippen LogP contribution in [-0.4, -0.2) is 12.2 Å². The molecule has 7 heavy (non-hydrogen) atoms. The number of halogens is 1. The van der Waals surface area contributed by atoms with Crippen molar-refractivity contribution in [3.05, 3.63) is 0 Å².